The second-order valence-electron chi connectivity index (χ2n) is 4.20. The second kappa shape index (κ2) is 7.22. The molecule has 94 valence electrons. The Morgan fingerprint density at radius 3 is 2.19 bits per heavy atom. The summed E-state index contributed by atoms with van der Waals surface area (Å²) in [6, 6.07) is 0. The van der Waals surface area contributed by atoms with Gasteiger partial charge in [-0.1, -0.05) is 13.8 Å². The third-order valence-electron chi connectivity index (χ3n) is 2.65. The van der Waals surface area contributed by atoms with E-state index in [1.165, 1.54) is 6.92 Å². The smallest absolute Gasteiger partial charge is 0.307 e. The van der Waals surface area contributed by atoms with Gasteiger partial charge in [-0.25, -0.2) is 0 Å². The fourth-order valence-corrected chi connectivity index (χ4v) is 1.21. The van der Waals surface area contributed by atoms with Crippen LogP contribution in [0.5, 0.6) is 0 Å². The molecule has 3 unspecified atom stereocenters. The van der Waals surface area contributed by atoms with Crippen molar-refractivity contribution in [1.82, 2.24) is 5.32 Å². The molecule has 0 saturated carbocycles. The Kier molecular flexibility index (Phi) is 6.72. The van der Waals surface area contributed by atoms with Crippen molar-refractivity contribution in [2.75, 3.05) is 6.54 Å². The van der Waals surface area contributed by atoms with Crippen LogP contribution in [0.15, 0.2) is 0 Å². The largest absolute Gasteiger partial charge is 0.481 e. The zero-order chi connectivity index (χ0) is 12.7. The summed E-state index contributed by atoms with van der Waals surface area (Å²) >= 11 is 0. The molecule has 5 heteroatoms. The summed E-state index contributed by atoms with van der Waals surface area (Å²) in [6.07, 6.45) is 0.952. The molecule has 0 rings (SSSR count). The highest BCUT2D eigenvalue weighted by molar-refractivity contribution is 5.84. The topological polar surface area (TPSA) is 86.6 Å². The van der Waals surface area contributed by atoms with Crippen LogP contribution in [0.2, 0.25) is 0 Å². The zero-order valence-electron chi connectivity index (χ0n) is 10.1. The summed E-state index contributed by atoms with van der Waals surface area (Å²) < 4.78 is 0. The number of rotatable bonds is 7. The van der Waals surface area contributed by atoms with Crippen LogP contribution in [0, 0.1) is 11.8 Å². The Morgan fingerprint density at radius 2 is 1.75 bits per heavy atom. The molecule has 0 saturated heterocycles. The van der Waals surface area contributed by atoms with E-state index in [2.05, 4.69) is 5.32 Å². The van der Waals surface area contributed by atoms with Crippen LogP contribution in [0.4, 0.5) is 0 Å². The van der Waals surface area contributed by atoms with Gasteiger partial charge in [0.25, 0.3) is 0 Å². The van der Waals surface area contributed by atoms with Crippen LogP contribution >= 0.6 is 0 Å². The van der Waals surface area contributed by atoms with E-state index in [1.54, 1.807) is 13.8 Å². The Hall–Kier alpha value is -1.10. The minimum Gasteiger partial charge on any atom is -0.481 e. The summed E-state index contributed by atoms with van der Waals surface area (Å²) in [5.74, 6) is -2.44. The average Bonchev–Trinajstić information content (AvgIpc) is 2.21. The fourth-order valence-electron chi connectivity index (χ4n) is 1.21. The van der Waals surface area contributed by atoms with Crippen molar-refractivity contribution in [3.05, 3.63) is 0 Å². The number of nitrogens with one attached hydrogen (secondary N) is 1. The van der Waals surface area contributed by atoms with Gasteiger partial charge < -0.3 is 15.5 Å². The molecule has 0 aliphatic carbocycles. The fraction of sp³-hybridized carbons (Fsp3) is 0.818. The SMILES string of the molecule is CC(O)CCCNC(=O)C(C)C(C)C(=O)O. The summed E-state index contributed by atoms with van der Waals surface area (Å²) in [6.45, 7) is 5.28. The highest BCUT2D eigenvalue weighted by Gasteiger charge is 2.25. The van der Waals surface area contributed by atoms with Crippen LogP contribution in [-0.2, 0) is 9.59 Å². The summed E-state index contributed by atoms with van der Waals surface area (Å²) in [5, 5.41) is 20.4. The van der Waals surface area contributed by atoms with Gasteiger partial charge in [0.1, 0.15) is 0 Å². The number of carbonyl (C=O) groups is 2. The minimum atomic E-state index is -0.966. The molecular formula is C11H21NO4. The molecule has 5 nitrogen and oxygen atoms in total. The van der Waals surface area contributed by atoms with E-state index in [9.17, 15) is 9.59 Å². The number of aliphatic hydroxyl groups is 1. The van der Waals surface area contributed by atoms with Crippen LogP contribution in [-0.4, -0.2) is 34.7 Å². The zero-order valence-corrected chi connectivity index (χ0v) is 10.1. The van der Waals surface area contributed by atoms with Crippen molar-refractivity contribution in [2.45, 2.75) is 39.7 Å². The van der Waals surface area contributed by atoms with Crippen molar-refractivity contribution in [3.63, 3.8) is 0 Å². The summed E-state index contributed by atoms with van der Waals surface area (Å²) in [5.41, 5.74) is 0. The number of amides is 1. The average molecular weight is 231 g/mol. The molecule has 0 aliphatic heterocycles. The maximum absolute atomic E-state index is 11.5. The van der Waals surface area contributed by atoms with Crippen molar-refractivity contribution in [3.8, 4) is 0 Å². The maximum atomic E-state index is 11.5. The Labute approximate surface area is 95.9 Å². The third kappa shape index (κ3) is 5.70. The number of carbonyl (C=O) groups excluding carboxylic acids is 1. The van der Waals surface area contributed by atoms with Gasteiger partial charge in [0.15, 0.2) is 0 Å². The number of carboxylic acid groups (broad SMARTS) is 1. The van der Waals surface area contributed by atoms with Gasteiger partial charge in [-0.3, -0.25) is 9.59 Å². The standard InChI is InChI=1S/C11H21NO4/c1-7(13)5-4-6-12-10(14)8(2)9(3)11(15)16/h7-9,13H,4-6H2,1-3H3,(H,12,14)(H,15,16). The number of hydrogen-bond donors (Lipinski definition) is 3. The molecule has 3 N–H and O–H groups in total. The summed E-state index contributed by atoms with van der Waals surface area (Å²) in [7, 11) is 0. The molecule has 0 aliphatic rings. The predicted molar refractivity (Wildman–Crippen MR) is 59.9 cm³/mol. The van der Waals surface area contributed by atoms with Crippen LogP contribution in [0.3, 0.4) is 0 Å². The van der Waals surface area contributed by atoms with Crippen LogP contribution in [0.1, 0.15) is 33.6 Å². The Balaban J connectivity index is 3.84. The number of aliphatic hydroxyl groups excluding tert-OH is 1. The van der Waals surface area contributed by atoms with E-state index in [-0.39, 0.29) is 12.0 Å². The van der Waals surface area contributed by atoms with E-state index in [0.29, 0.717) is 19.4 Å². The first-order valence-corrected chi connectivity index (χ1v) is 5.54. The maximum Gasteiger partial charge on any atom is 0.307 e. The number of hydrogen-bond acceptors (Lipinski definition) is 3. The molecule has 0 bridgehead atoms. The van der Waals surface area contributed by atoms with E-state index in [4.69, 9.17) is 10.2 Å². The molecule has 0 fully saturated rings. The Bertz CT molecular complexity index is 240. The lowest BCUT2D eigenvalue weighted by Gasteiger charge is -2.15. The van der Waals surface area contributed by atoms with Crippen molar-refractivity contribution in [2.24, 2.45) is 11.8 Å². The molecule has 0 aromatic heterocycles. The molecular weight excluding hydrogens is 210 g/mol. The quantitative estimate of drug-likeness (QED) is 0.561. The predicted octanol–water partition coefficient (Wildman–Crippen LogP) is 0.620. The van der Waals surface area contributed by atoms with Crippen LogP contribution < -0.4 is 5.32 Å². The summed E-state index contributed by atoms with van der Waals surface area (Å²) in [4.78, 5) is 22.1. The van der Waals surface area contributed by atoms with Crippen molar-refractivity contribution < 1.29 is 19.8 Å². The highest BCUT2D eigenvalue weighted by Crippen LogP contribution is 2.10. The van der Waals surface area contributed by atoms with Gasteiger partial charge in [0.2, 0.25) is 5.91 Å². The lowest BCUT2D eigenvalue weighted by molar-refractivity contribution is -0.146. The molecule has 0 aromatic carbocycles. The first-order valence-electron chi connectivity index (χ1n) is 5.54. The van der Waals surface area contributed by atoms with Gasteiger partial charge in [0.05, 0.1) is 12.0 Å². The van der Waals surface area contributed by atoms with Gasteiger partial charge >= 0.3 is 5.97 Å². The molecule has 3 atom stereocenters. The Morgan fingerprint density at radius 1 is 1.19 bits per heavy atom. The lowest BCUT2D eigenvalue weighted by Crippen LogP contribution is -2.35. The van der Waals surface area contributed by atoms with E-state index >= 15 is 0 Å². The van der Waals surface area contributed by atoms with Crippen molar-refractivity contribution in [1.29, 1.82) is 0 Å². The third-order valence-corrected chi connectivity index (χ3v) is 2.65. The van der Waals surface area contributed by atoms with Crippen LogP contribution in [0.25, 0.3) is 0 Å². The lowest BCUT2D eigenvalue weighted by atomic mass is 9.95. The molecule has 1 amide bonds. The van der Waals surface area contributed by atoms with Gasteiger partial charge in [-0.2, -0.15) is 0 Å². The minimum absolute atomic E-state index is 0.250. The van der Waals surface area contributed by atoms with Gasteiger partial charge in [-0.15, -0.1) is 0 Å². The molecule has 0 heterocycles. The molecule has 16 heavy (non-hydrogen) atoms. The first-order chi connectivity index (χ1) is 7.36. The highest BCUT2D eigenvalue weighted by atomic mass is 16.4. The van der Waals surface area contributed by atoms with E-state index in [0.717, 1.165) is 0 Å². The molecule has 0 aromatic rings. The van der Waals surface area contributed by atoms with Crippen molar-refractivity contribution >= 4 is 11.9 Å². The van der Waals surface area contributed by atoms with E-state index < -0.39 is 17.8 Å². The first kappa shape index (κ1) is 14.9. The molecule has 0 radical (unpaired) electrons. The second-order valence-corrected chi connectivity index (χ2v) is 4.20. The van der Waals surface area contributed by atoms with Gasteiger partial charge in [0, 0.05) is 12.5 Å². The number of carboxylic acids is 1. The van der Waals surface area contributed by atoms with E-state index in [1.807, 2.05) is 0 Å². The normalized spacial score (nSPS) is 16.2. The monoisotopic (exact) mass is 231 g/mol. The number of aliphatic carboxylic acids is 1. The molecule has 0 spiro atoms. The van der Waals surface area contributed by atoms with Gasteiger partial charge in [-0.05, 0) is 19.8 Å².